The second kappa shape index (κ2) is 5.93. The van der Waals surface area contributed by atoms with Gasteiger partial charge in [0.15, 0.2) is 0 Å². The molecule has 3 aromatic rings. The van der Waals surface area contributed by atoms with E-state index >= 15 is 0 Å². The summed E-state index contributed by atoms with van der Waals surface area (Å²) in [4.78, 5) is 1.98. The van der Waals surface area contributed by atoms with Crippen molar-refractivity contribution in [2.24, 2.45) is 7.05 Å². The van der Waals surface area contributed by atoms with Crippen molar-refractivity contribution in [2.75, 3.05) is 19.1 Å². The van der Waals surface area contributed by atoms with Gasteiger partial charge in [-0.25, -0.2) is 0 Å². The summed E-state index contributed by atoms with van der Waals surface area (Å²) in [5, 5.41) is 0. The minimum atomic E-state index is 0.709. The molecule has 4 heteroatoms. The van der Waals surface area contributed by atoms with E-state index in [1.54, 1.807) is 7.11 Å². The molecule has 0 amide bonds. The predicted molar refractivity (Wildman–Crippen MR) is 87.2 cm³/mol. The molecule has 2 aromatic carbocycles. The van der Waals surface area contributed by atoms with Crippen molar-refractivity contribution in [3.8, 4) is 0 Å². The van der Waals surface area contributed by atoms with E-state index < -0.39 is 0 Å². The summed E-state index contributed by atoms with van der Waals surface area (Å²) in [6, 6.07) is 18.0. The van der Waals surface area contributed by atoms with E-state index in [2.05, 4.69) is 0 Å². The summed E-state index contributed by atoms with van der Waals surface area (Å²) in [7, 11) is 5.61. The highest BCUT2D eigenvalue weighted by Crippen LogP contribution is 2.20. The number of fused-ring (bicyclic) bond motifs is 1. The van der Waals surface area contributed by atoms with Crippen LogP contribution in [0.4, 0.5) is 5.69 Å². The molecule has 0 atom stereocenters. The number of rotatable bonds is 4. The Hall–Kier alpha value is -2.75. The molecule has 3 rings (SSSR count). The molecule has 0 unspecified atom stereocenters. The van der Waals surface area contributed by atoms with Crippen molar-refractivity contribution in [3.05, 3.63) is 66.4 Å². The van der Waals surface area contributed by atoms with Crippen molar-refractivity contribution in [1.82, 2.24) is 0 Å². The Labute approximate surface area is 129 Å². The Kier molecular flexibility index (Phi) is 3.83. The predicted octanol–water partition coefficient (Wildman–Crippen LogP) is 3.34. The number of anilines is 1. The zero-order valence-electron chi connectivity index (χ0n) is 13.0. The lowest BCUT2D eigenvalue weighted by Gasteiger charge is -2.20. The lowest BCUT2D eigenvalue weighted by molar-refractivity contribution is -0.652. The van der Waals surface area contributed by atoms with E-state index in [4.69, 9.17) is 9.15 Å². The Morgan fingerprint density at radius 3 is 2.45 bits per heavy atom. The van der Waals surface area contributed by atoms with Crippen LogP contribution in [0.1, 0.15) is 5.89 Å². The van der Waals surface area contributed by atoms with E-state index in [1.165, 1.54) is 0 Å². The molecule has 0 spiro atoms. The molecule has 0 aliphatic rings. The summed E-state index contributed by atoms with van der Waals surface area (Å²) >= 11 is 0. The first kappa shape index (κ1) is 14.2. The molecule has 1 aromatic heterocycles. The van der Waals surface area contributed by atoms with Gasteiger partial charge in [0.05, 0.1) is 7.11 Å². The SMILES string of the molecule is CO/C(=C\c1oc2ccccc2[n+]1C)N(C)c1ccccc1. The molecule has 0 N–H and O–H groups in total. The molecule has 112 valence electrons. The van der Waals surface area contributed by atoms with E-state index in [0.29, 0.717) is 5.88 Å². The smallest absolute Gasteiger partial charge is 0.379 e. The molecule has 1 heterocycles. The first-order chi connectivity index (χ1) is 10.7. The number of aromatic nitrogens is 1. The summed E-state index contributed by atoms with van der Waals surface area (Å²) in [6.45, 7) is 0. The van der Waals surface area contributed by atoms with Gasteiger partial charge in [-0.05, 0) is 18.2 Å². The number of nitrogens with zero attached hydrogens (tertiary/aromatic N) is 2. The number of ether oxygens (including phenoxy) is 1. The van der Waals surface area contributed by atoms with Crippen molar-refractivity contribution < 1.29 is 13.7 Å². The molecule has 4 nitrogen and oxygen atoms in total. The molecular weight excluding hydrogens is 276 g/mol. The van der Waals surface area contributed by atoms with Crippen molar-refractivity contribution in [2.45, 2.75) is 0 Å². The van der Waals surface area contributed by atoms with Crippen LogP contribution in [0.3, 0.4) is 0 Å². The Bertz CT molecular complexity index is 806. The average molecular weight is 295 g/mol. The fraction of sp³-hybridized carbons (Fsp3) is 0.167. The quantitative estimate of drug-likeness (QED) is 0.546. The summed E-state index contributed by atoms with van der Waals surface area (Å²) in [5.41, 5.74) is 2.95. The summed E-state index contributed by atoms with van der Waals surface area (Å²) < 4.78 is 13.4. The van der Waals surface area contributed by atoms with Crippen molar-refractivity contribution >= 4 is 22.9 Å². The molecule has 0 aliphatic carbocycles. The van der Waals surface area contributed by atoms with E-state index in [0.717, 1.165) is 22.7 Å². The monoisotopic (exact) mass is 295 g/mol. The normalized spacial score (nSPS) is 11.7. The van der Waals surface area contributed by atoms with Crippen molar-refractivity contribution in [3.63, 3.8) is 0 Å². The first-order valence-corrected chi connectivity index (χ1v) is 7.12. The molecule has 0 saturated heterocycles. The highest BCUT2D eigenvalue weighted by molar-refractivity contribution is 5.69. The summed E-state index contributed by atoms with van der Waals surface area (Å²) in [5.74, 6) is 1.45. The van der Waals surface area contributed by atoms with Crippen LogP contribution < -0.4 is 9.47 Å². The Balaban J connectivity index is 2.01. The zero-order valence-corrected chi connectivity index (χ0v) is 13.0. The topological polar surface area (TPSA) is 29.5 Å². The first-order valence-electron chi connectivity index (χ1n) is 7.12. The number of oxazole rings is 1. The van der Waals surface area contributed by atoms with Crippen LogP contribution in [0, 0.1) is 0 Å². The molecule has 22 heavy (non-hydrogen) atoms. The van der Waals surface area contributed by atoms with Gasteiger partial charge in [-0.15, -0.1) is 0 Å². The molecule has 0 radical (unpaired) electrons. The van der Waals surface area contributed by atoms with Gasteiger partial charge >= 0.3 is 5.89 Å². The van der Waals surface area contributed by atoms with E-state index in [-0.39, 0.29) is 0 Å². The van der Waals surface area contributed by atoms with E-state index in [9.17, 15) is 0 Å². The maximum Gasteiger partial charge on any atom is 0.379 e. The third-order valence-electron chi connectivity index (χ3n) is 3.70. The maximum atomic E-state index is 5.90. The van der Waals surface area contributed by atoms with Crippen LogP contribution in [0.25, 0.3) is 17.2 Å². The van der Waals surface area contributed by atoms with Gasteiger partial charge < -0.3 is 14.1 Å². The minimum Gasteiger partial charge on any atom is -0.482 e. The fourth-order valence-electron chi connectivity index (χ4n) is 2.42. The lowest BCUT2D eigenvalue weighted by Crippen LogP contribution is -2.30. The van der Waals surface area contributed by atoms with Gasteiger partial charge in [-0.1, -0.05) is 30.3 Å². The van der Waals surface area contributed by atoms with Gasteiger partial charge in [0.25, 0.3) is 5.52 Å². The lowest BCUT2D eigenvalue weighted by atomic mass is 10.3. The highest BCUT2D eigenvalue weighted by Gasteiger charge is 2.19. The Morgan fingerprint density at radius 1 is 1.09 bits per heavy atom. The van der Waals surface area contributed by atoms with Crippen LogP contribution in [0.2, 0.25) is 0 Å². The molecule has 0 aliphatic heterocycles. The highest BCUT2D eigenvalue weighted by atomic mass is 16.5. The fourth-order valence-corrected chi connectivity index (χ4v) is 2.42. The summed E-state index contributed by atoms with van der Waals surface area (Å²) in [6.07, 6.45) is 1.90. The van der Waals surface area contributed by atoms with Gasteiger partial charge in [-0.3, -0.25) is 0 Å². The number of para-hydroxylation sites is 3. The van der Waals surface area contributed by atoms with Crippen LogP contribution in [0.15, 0.2) is 64.9 Å². The van der Waals surface area contributed by atoms with Crippen LogP contribution in [-0.4, -0.2) is 14.2 Å². The number of methoxy groups -OCH3 is 1. The van der Waals surface area contributed by atoms with Gasteiger partial charge in [0.1, 0.15) is 13.1 Å². The number of hydrogen-bond donors (Lipinski definition) is 0. The third-order valence-corrected chi connectivity index (χ3v) is 3.70. The van der Waals surface area contributed by atoms with Crippen LogP contribution in [-0.2, 0) is 11.8 Å². The maximum absolute atomic E-state index is 5.90. The minimum absolute atomic E-state index is 0.709. The van der Waals surface area contributed by atoms with Gasteiger partial charge in [0, 0.05) is 18.8 Å². The van der Waals surface area contributed by atoms with E-state index in [1.807, 2.05) is 84.2 Å². The van der Waals surface area contributed by atoms with Crippen molar-refractivity contribution in [1.29, 1.82) is 0 Å². The standard InChI is InChI=1S/C18H19N2O2/c1-19(14-9-5-4-6-10-14)17(21-3)13-18-20(2)15-11-7-8-12-16(15)22-18/h4-13H,1-3H3/q+1. The van der Waals surface area contributed by atoms with Crippen LogP contribution in [0.5, 0.6) is 0 Å². The second-order valence-electron chi connectivity index (χ2n) is 5.05. The number of aryl methyl sites for hydroxylation is 1. The van der Waals surface area contributed by atoms with Gasteiger partial charge in [-0.2, -0.15) is 4.57 Å². The molecule has 0 bridgehead atoms. The van der Waals surface area contributed by atoms with Gasteiger partial charge in [0.2, 0.25) is 11.5 Å². The second-order valence-corrected chi connectivity index (χ2v) is 5.05. The number of benzene rings is 2. The van der Waals surface area contributed by atoms with Crippen LogP contribution >= 0.6 is 0 Å². The zero-order chi connectivity index (χ0) is 15.5. The molecular formula is C18H19N2O2+. The Morgan fingerprint density at radius 2 is 1.77 bits per heavy atom. The molecule has 0 fully saturated rings. The average Bonchev–Trinajstić information content (AvgIpc) is 2.89. The third kappa shape index (κ3) is 2.55. The largest absolute Gasteiger partial charge is 0.482 e. The molecule has 0 saturated carbocycles. The number of hydrogen-bond acceptors (Lipinski definition) is 3.